The number of aliphatic carboxylic acids is 1. The minimum Gasteiger partial charge on any atom is -0.481 e. The standard InChI is InChI=1S/C24H21F4NO3S/c1-15(29(2)33-20-9-7-19(25)8-10-20)16-6-11-22(32-14-23(30)31)21(13-16)17-4-3-5-18(12-17)24(26,27)28/h3-13,15H,14H2,1-2H3,(H,30,31). The molecular formula is C24H21F4NO3S. The van der Waals surface area contributed by atoms with Crippen LogP contribution in [0.1, 0.15) is 24.1 Å². The van der Waals surface area contributed by atoms with E-state index < -0.39 is 24.3 Å². The third-order valence-electron chi connectivity index (χ3n) is 4.95. The molecule has 0 fully saturated rings. The fourth-order valence-electron chi connectivity index (χ4n) is 3.11. The molecule has 3 aromatic rings. The van der Waals surface area contributed by atoms with Gasteiger partial charge in [0.25, 0.3) is 0 Å². The van der Waals surface area contributed by atoms with Crippen LogP contribution in [0.3, 0.4) is 0 Å². The predicted octanol–water partition coefficient (Wildman–Crippen LogP) is 6.68. The lowest BCUT2D eigenvalue weighted by Crippen LogP contribution is -2.15. The van der Waals surface area contributed by atoms with Gasteiger partial charge in [-0.2, -0.15) is 13.2 Å². The van der Waals surface area contributed by atoms with Crippen molar-refractivity contribution in [1.29, 1.82) is 0 Å². The van der Waals surface area contributed by atoms with Gasteiger partial charge in [0.2, 0.25) is 0 Å². The maximum absolute atomic E-state index is 13.2. The number of hydrogen-bond acceptors (Lipinski definition) is 4. The van der Waals surface area contributed by atoms with Crippen LogP contribution in [0.4, 0.5) is 17.6 Å². The second kappa shape index (κ2) is 10.3. The highest BCUT2D eigenvalue weighted by atomic mass is 32.2. The van der Waals surface area contributed by atoms with E-state index in [1.54, 1.807) is 30.3 Å². The molecule has 4 nitrogen and oxygen atoms in total. The van der Waals surface area contributed by atoms with Crippen molar-refractivity contribution in [2.75, 3.05) is 13.7 Å². The Kier molecular flexibility index (Phi) is 7.65. The Morgan fingerprint density at radius 3 is 2.42 bits per heavy atom. The van der Waals surface area contributed by atoms with Crippen molar-refractivity contribution in [1.82, 2.24) is 4.31 Å². The smallest absolute Gasteiger partial charge is 0.416 e. The molecule has 1 N–H and O–H groups in total. The minimum atomic E-state index is -4.52. The average molecular weight is 479 g/mol. The molecular weight excluding hydrogens is 458 g/mol. The van der Waals surface area contributed by atoms with Crippen molar-refractivity contribution >= 4 is 17.9 Å². The molecule has 0 bridgehead atoms. The topological polar surface area (TPSA) is 49.8 Å². The maximum Gasteiger partial charge on any atom is 0.416 e. The van der Waals surface area contributed by atoms with Gasteiger partial charge < -0.3 is 9.84 Å². The molecule has 1 atom stereocenters. The maximum atomic E-state index is 13.2. The molecule has 0 heterocycles. The van der Waals surface area contributed by atoms with Gasteiger partial charge >= 0.3 is 12.1 Å². The number of carboxylic acids is 1. The van der Waals surface area contributed by atoms with Crippen LogP contribution in [0.15, 0.2) is 71.6 Å². The van der Waals surface area contributed by atoms with E-state index in [4.69, 9.17) is 9.84 Å². The summed E-state index contributed by atoms with van der Waals surface area (Å²) >= 11 is 1.39. The number of nitrogens with zero attached hydrogens (tertiary/aromatic N) is 1. The quantitative estimate of drug-likeness (QED) is 0.289. The zero-order chi connectivity index (χ0) is 24.2. The summed E-state index contributed by atoms with van der Waals surface area (Å²) in [6, 6.07) is 15.6. The van der Waals surface area contributed by atoms with Gasteiger partial charge in [-0.1, -0.05) is 18.2 Å². The minimum absolute atomic E-state index is 0.168. The van der Waals surface area contributed by atoms with Crippen LogP contribution in [0.25, 0.3) is 11.1 Å². The van der Waals surface area contributed by atoms with E-state index in [0.717, 1.165) is 22.6 Å². The van der Waals surface area contributed by atoms with Gasteiger partial charge in [-0.3, -0.25) is 0 Å². The van der Waals surface area contributed by atoms with E-state index in [9.17, 15) is 22.4 Å². The number of carbonyl (C=O) groups is 1. The highest BCUT2D eigenvalue weighted by Crippen LogP contribution is 2.38. The molecule has 0 aliphatic carbocycles. The molecule has 0 radical (unpaired) electrons. The summed E-state index contributed by atoms with van der Waals surface area (Å²) in [5, 5.41) is 8.95. The second-order valence-corrected chi connectivity index (χ2v) is 8.51. The van der Waals surface area contributed by atoms with Crippen molar-refractivity contribution in [3.8, 4) is 16.9 Å². The highest BCUT2D eigenvalue weighted by Gasteiger charge is 2.30. The van der Waals surface area contributed by atoms with Gasteiger partial charge in [0.15, 0.2) is 6.61 Å². The molecule has 0 saturated heterocycles. The van der Waals surface area contributed by atoms with Crippen molar-refractivity contribution in [3.05, 3.63) is 83.7 Å². The van der Waals surface area contributed by atoms with Gasteiger partial charge in [0, 0.05) is 16.5 Å². The van der Waals surface area contributed by atoms with Crippen LogP contribution in [-0.4, -0.2) is 29.0 Å². The molecule has 33 heavy (non-hydrogen) atoms. The first kappa shape index (κ1) is 24.6. The Hall–Kier alpha value is -3.04. The first-order valence-electron chi connectivity index (χ1n) is 9.87. The largest absolute Gasteiger partial charge is 0.481 e. The molecule has 3 rings (SSSR count). The Balaban J connectivity index is 1.95. The zero-order valence-corrected chi connectivity index (χ0v) is 18.6. The van der Waals surface area contributed by atoms with E-state index in [2.05, 4.69) is 0 Å². The molecule has 174 valence electrons. The number of rotatable bonds is 8. The van der Waals surface area contributed by atoms with Crippen molar-refractivity contribution in [2.45, 2.75) is 24.0 Å². The molecule has 0 aromatic heterocycles. The number of alkyl halides is 3. The van der Waals surface area contributed by atoms with Crippen LogP contribution in [0.2, 0.25) is 0 Å². The summed E-state index contributed by atoms with van der Waals surface area (Å²) in [5.74, 6) is -1.36. The monoisotopic (exact) mass is 479 g/mol. The number of benzene rings is 3. The van der Waals surface area contributed by atoms with E-state index in [1.807, 2.05) is 18.3 Å². The fourth-order valence-corrected chi connectivity index (χ4v) is 3.98. The second-order valence-electron chi connectivity index (χ2n) is 7.28. The van der Waals surface area contributed by atoms with E-state index in [1.165, 1.54) is 36.2 Å². The Labute approximate surface area is 192 Å². The molecule has 0 amide bonds. The number of halogens is 4. The summed E-state index contributed by atoms with van der Waals surface area (Å²) in [6.45, 7) is 1.29. The average Bonchev–Trinajstić information content (AvgIpc) is 2.78. The molecule has 3 aromatic carbocycles. The molecule has 1 unspecified atom stereocenters. The van der Waals surface area contributed by atoms with E-state index in [-0.39, 0.29) is 23.2 Å². The Morgan fingerprint density at radius 2 is 1.79 bits per heavy atom. The normalized spacial score (nSPS) is 12.6. The lowest BCUT2D eigenvalue weighted by molar-refractivity contribution is -0.139. The summed E-state index contributed by atoms with van der Waals surface area (Å²) in [7, 11) is 1.84. The van der Waals surface area contributed by atoms with Gasteiger partial charge in [0.1, 0.15) is 11.6 Å². The van der Waals surface area contributed by atoms with Gasteiger partial charge in [-0.25, -0.2) is 13.5 Å². The van der Waals surface area contributed by atoms with E-state index >= 15 is 0 Å². The molecule has 0 aliphatic heterocycles. The summed E-state index contributed by atoms with van der Waals surface area (Å²) in [5.41, 5.74) is 0.578. The zero-order valence-electron chi connectivity index (χ0n) is 17.8. The Morgan fingerprint density at radius 1 is 1.09 bits per heavy atom. The van der Waals surface area contributed by atoms with Gasteiger partial charge in [-0.15, -0.1) is 0 Å². The van der Waals surface area contributed by atoms with Crippen LogP contribution in [0, 0.1) is 5.82 Å². The summed E-state index contributed by atoms with van der Waals surface area (Å²) < 4.78 is 60.2. The van der Waals surface area contributed by atoms with Gasteiger partial charge in [-0.05, 0) is 85.6 Å². The number of ether oxygens (including phenoxy) is 1. The lowest BCUT2D eigenvalue weighted by atomic mass is 9.97. The third-order valence-corrected chi connectivity index (χ3v) is 6.03. The summed E-state index contributed by atoms with van der Waals surface area (Å²) in [4.78, 5) is 11.8. The van der Waals surface area contributed by atoms with Crippen LogP contribution in [-0.2, 0) is 11.0 Å². The molecule has 0 aliphatic rings. The first-order valence-corrected chi connectivity index (χ1v) is 10.6. The van der Waals surface area contributed by atoms with Crippen LogP contribution < -0.4 is 4.74 Å². The number of hydrogen-bond donors (Lipinski definition) is 1. The van der Waals surface area contributed by atoms with E-state index in [0.29, 0.717) is 5.56 Å². The highest BCUT2D eigenvalue weighted by molar-refractivity contribution is 7.97. The van der Waals surface area contributed by atoms with Crippen molar-refractivity contribution in [3.63, 3.8) is 0 Å². The molecule has 0 saturated carbocycles. The van der Waals surface area contributed by atoms with Crippen LogP contribution >= 0.6 is 11.9 Å². The fraction of sp³-hybridized carbons (Fsp3) is 0.208. The predicted molar refractivity (Wildman–Crippen MR) is 118 cm³/mol. The SMILES string of the molecule is CC(c1ccc(OCC(=O)O)c(-c2cccc(C(F)(F)F)c2)c1)N(C)Sc1ccc(F)cc1. The lowest BCUT2D eigenvalue weighted by Gasteiger charge is -2.25. The summed E-state index contributed by atoms with van der Waals surface area (Å²) in [6.07, 6.45) is -4.52. The molecule has 9 heteroatoms. The first-order chi connectivity index (χ1) is 15.5. The van der Waals surface area contributed by atoms with Gasteiger partial charge in [0.05, 0.1) is 5.56 Å². The third kappa shape index (κ3) is 6.49. The molecule has 0 spiro atoms. The van der Waals surface area contributed by atoms with Crippen molar-refractivity contribution < 1.29 is 32.2 Å². The Bertz CT molecular complexity index is 1120. The number of carboxylic acid groups (broad SMARTS) is 1. The van der Waals surface area contributed by atoms with Crippen molar-refractivity contribution in [2.24, 2.45) is 0 Å². The van der Waals surface area contributed by atoms with Crippen LogP contribution in [0.5, 0.6) is 5.75 Å².